The normalized spacial score (nSPS) is 11.5. The molecule has 102 valence electrons. The van der Waals surface area contributed by atoms with Crippen LogP contribution in [0.5, 0.6) is 0 Å². The number of aliphatic carboxylic acids is 1. The third-order valence-electron chi connectivity index (χ3n) is 2.65. The van der Waals surface area contributed by atoms with Gasteiger partial charge in [0.2, 0.25) is 0 Å². The molecule has 3 N–H and O–H groups in total. The van der Waals surface area contributed by atoms with Crippen molar-refractivity contribution in [3.05, 3.63) is 42.0 Å². The molecule has 1 rings (SSSR count). The first-order valence-electron chi connectivity index (χ1n) is 5.92. The molecule has 0 saturated heterocycles. The number of urea groups is 1. The Kier molecular flexibility index (Phi) is 5.11. The van der Waals surface area contributed by atoms with E-state index in [1.54, 1.807) is 0 Å². The summed E-state index contributed by atoms with van der Waals surface area (Å²) in [6, 6.07) is 4.16. The molecule has 1 atom stereocenters. The van der Waals surface area contributed by atoms with Crippen LogP contribution >= 0.6 is 0 Å². The van der Waals surface area contributed by atoms with E-state index in [0.29, 0.717) is 5.69 Å². The van der Waals surface area contributed by atoms with Crippen LogP contribution in [0, 0.1) is 13.8 Å². The lowest BCUT2D eigenvalue weighted by molar-refractivity contribution is -0.139. The van der Waals surface area contributed by atoms with Crippen molar-refractivity contribution in [1.82, 2.24) is 5.32 Å². The monoisotopic (exact) mass is 262 g/mol. The molecule has 0 aliphatic rings. The number of hydrogen-bond donors (Lipinski definition) is 3. The number of carbonyl (C=O) groups is 2. The lowest BCUT2D eigenvalue weighted by Crippen LogP contribution is -2.42. The minimum absolute atomic E-state index is 0.176. The van der Waals surface area contributed by atoms with E-state index in [0.717, 1.165) is 11.1 Å². The molecule has 0 fully saturated rings. The highest BCUT2D eigenvalue weighted by atomic mass is 16.4. The number of carboxylic acid groups (broad SMARTS) is 1. The van der Waals surface area contributed by atoms with Crippen LogP contribution in [0.2, 0.25) is 0 Å². The zero-order valence-electron chi connectivity index (χ0n) is 11.1. The molecule has 1 aromatic rings. The summed E-state index contributed by atoms with van der Waals surface area (Å²) < 4.78 is 0. The summed E-state index contributed by atoms with van der Waals surface area (Å²) in [5.74, 6) is -1.09. The van der Waals surface area contributed by atoms with Gasteiger partial charge in [-0.2, -0.15) is 0 Å². The van der Waals surface area contributed by atoms with Crippen LogP contribution < -0.4 is 10.6 Å². The summed E-state index contributed by atoms with van der Waals surface area (Å²) in [6.07, 6.45) is 1.63. The molecule has 0 heterocycles. The molecule has 19 heavy (non-hydrogen) atoms. The Labute approximate surface area is 112 Å². The lowest BCUT2D eigenvalue weighted by atomic mass is 10.1. The fourth-order valence-electron chi connectivity index (χ4n) is 1.58. The highest BCUT2D eigenvalue weighted by Gasteiger charge is 2.18. The summed E-state index contributed by atoms with van der Waals surface area (Å²) in [5.41, 5.74) is 2.60. The summed E-state index contributed by atoms with van der Waals surface area (Å²) in [5, 5.41) is 14.0. The second-order valence-corrected chi connectivity index (χ2v) is 4.33. The lowest BCUT2D eigenvalue weighted by Gasteiger charge is -2.14. The maximum absolute atomic E-state index is 11.7. The summed E-state index contributed by atoms with van der Waals surface area (Å²) >= 11 is 0. The van der Waals surface area contributed by atoms with Crippen molar-refractivity contribution < 1.29 is 14.7 Å². The van der Waals surface area contributed by atoms with E-state index in [4.69, 9.17) is 5.11 Å². The Morgan fingerprint density at radius 2 is 2.11 bits per heavy atom. The average Bonchev–Trinajstić information content (AvgIpc) is 2.33. The van der Waals surface area contributed by atoms with E-state index in [-0.39, 0.29) is 6.42 Å². The first-order chi connectivity index (χ1) is 8.93. The van der Waals surface area contributed by atoms with Gasteiger partial charge in [-0.25, -0.2) is 9.59 Å². The molecule has 1 aromatic carbocycles. The fourth-order valence-corrected chi connectivity index (χ4v) is 1.58. The summed E-state index contributed by atoms with van der Waals surface area (Å²) in [6.45, 7) is 7.25. The van der Waals surface area contributed by atoms with Gasteiger partial charge < -0.3 is 15.7 Å². The number of anilines is 1. The number of carboxylic acids is 1. The quantitative estimate of drug-likeness (QED) is 0.713. The molecule has 0 aromatic heterocycles. The maximum Gasteiger partial charge on any atom is 0.326 e. The number of rotatable bonds is 5. The van der Waals surface area contributed by atoms with Crippen molar-refractivity contribution >= 4 is 17.7 Å². The Morgan fingerprint density at radius 1 is 1.42 bits per heavy atom. The fraction of sp³-hybridized carbons (Fsp3) is 0.286. The number of amides is 2. The predicted octanol–water partition coefficient (Wildman–Crippen LogP) is 2.45. The Balaban J connectivity index is 2.71. The number of nitrogens with one attached hydrogen (secondary N) is 2. The van der Waals surface area contributed by atoms with E-state index < -0.39 is 18.0 Å². The predicted molar refractivity (Wildman–Crippen MR) is 74.3 cm³/mol. The second-order valence-electron chi connectivity index (χ2n) is 4.33. The molecule has 0 aliphatic heterocycles. The number of benzene rings is 1. The largest absolute Gasteiger partial charge is 0.480 e. The van der Waals surface area contributed by atoms with Gasteiger partial charge in [0.05, 0.1) is 0 Å². The standard InChI is InChI=1S/C14H18N2O3/c1-4-5-11(13(17)18)15-14(19)16-12-8-9(2)6-7-10(12)3/h4,6-8,11H,1,5H2,2-3H3,(H,17,18)(H2,15,16,19). The topological polar surface area (TPSA) is 78.4 Å². The van der Waals surface area contributed by atoms with E-state index >= 15 is 0 Å². The molecular formula is C14H18N2O3. The van der Waals surface area contributed by atoms with Crippen LogP contribution in [-0.2, 0) is 4.79 Å². The molecule has 1 unspecified atom stereocenters. The van der Waals surface area contributed by atoms with Gasteiger partial charge in [0, 0.05) is 5.69 Å². The van der Waals surface area contributed by atoms with Crippen molar-refractivity contribution in [3.63, 3.8) is 0 Å². The third-order valence-corrected chi connectivity index (χ3v) is 2.65. The zero-order valence-corrected chi connectivity index (χ0v) is 11.1. The molecular weight excluding hydrogens is 244 g/mol. The van der Waals surface area contributed by atoms with Crippen LogP contribution in [0.1, 0.15) is 17.5 Å². The zero-order chi connectivity index (χ0) is 14.4. The number of aryl methyl sites for hydroxylation is 2. The van der Waals surface area contributed by atoms with Crippen molar-refractivity contribution in [2.45, 2.75) is 26.3 Å². The van der Waals surface area contributed by atoms with Gasteiger partial charge in [0.15, 0.2) is 0 Å². The Morgan fingerprint density at radius 3 is 2.68 bits per heavy atom. The maximum atomic E-state index is 11.7. The van der Waals surface area contributed by atoms with Crippen molar-refractivity contribution in [3.8, 4) is 0 Å². The van der Waals surface area contributed by atoms with Gasteiger partial charge in [-0.05, 0) is 37.5 Å². The van der Waals surface area contributed by atoms with Crippen LogP contribution in [-0.4, -0.2) is 23.1 Å². The molecule has 5 nitrogen and oxygen atoms in total. The van der Waals surface area contributed by atoms with Gasteiger partial charge in [-0.1, -0.05) is 18.2 Å². The Hall–Kier alpha value is -2.30. The molecule has 0 spiro atoms. The average molecular weight is 262 g/mol. The molecule has 0 saturated carbocycles. The number of carbonyl (C=O) groups excluding carboxylic acids is 1. The molecule has 0 aliphatic carbocycles. The minimum Gasteiger partial charge on any atom is -0.480 e. The Bertz CT molecular complexity index is 497. The van der Waals surface area contributed by atoms with Gasteiger partial charge in [-0.15, -0.1) is 6.58 Å². The van der Waals surface area contributed by atoms with Crippen LogP contribution in [0.4, 0.5) is 10.5 Å². The van der Waals surface area contributed by atoms with Gasteiger partial charge in [-0.3, -0.25) is 0 Å². The van der Waals surface area contributed by atoms with Gasteiger partial charge >= 0.3 is 12.0 Å². The smallest absolute Gasteiger partial charge is 0.326 e. The highest BCUT2D eigenvalue weighted by molar-refractivity contribution is 5.93. The van der Waals surface area contributed by atoms with E-state index in [1.807, 2.05) is 32.0 Å². The molecule has 5 heteroatoms. The summed E-state index contributed by atoms with van der Waals surface area (Å²) in [4.78, 5) is 22.7. The third kappa shape index (κ3) is 4.46. The first-order valence-corrected chi connectivity index (χ1v) is 5.92. The molecule has 0 bridgehead atoms. The van der Waals surface area contributed by atoms with Crippen LogP contribution in [0.3, 0.4) is 0 Å². The second kappa shape index (κ2) is 6.58. The minimum atomic E-state index is -1.09. The van der Waals surface area contributed by atoms with Gasteiger partial charge in [0.25, 0.3) is 0 Å². The highest BCUT2D eigenvalue weighted by Crippen LogP contribution is 2.16. The van der Waals surface area contributed by atoms with Crippen LogP contribution in [0.15, 0.2) is 30.9 Å². The number of hydrogen-bond acceptors (Lipinski definition) is 2. The van der Waals surface area contributed by atoms with E-state index in [2.05, 4.69) is 17.2 Å². The molecule has 0 radical (unpaired) electrons. The van der Waals surface area contributed by atoms with Gasteiger partial charge in [0.1, 0.15) is 6.04 Å². The summed E-state index contributed by atoms with van der Waals surface area (Å²) in [7, 11) is 0. The van der Waals surface area contributed by atoms with Crippen molar-refractivity contribution in [1.29, 1.82) is 0 Å². The van der Waals surface area contributed by atoms with E-state index in [9.17, 15) is 9.59 Å². The van der Waals surface area contributed by atoms with E-state index in [1.165, 1.54) is 6.08 Å². The van der Waals surface area contributed by atoms with Crippen LogP contribution in [0.25, 0.3) is 0 Å². The first kappa shape index (κ1) is 14.8. The molecule has 2 amide bonds. The SMILES string of the molecule is C=CCC(NC(=O)Nc1cc(C)ccc1C)C(=O)O. The van der Waals surface area contributed by atoms with Crippen molar-refractivity contribution in [2.75, 3.05) is 5.32 Å². The van der Waals surface area contributed by atoms with Crippen molar-refractivity contribution in [2.24, 2.45) is 0 Å².